The molecule has 0 spiro atoms. The molecule has 1 aliphatic carbocycles. The highest BCUT2D eigenvalue weighted by Gasteiger charge is 2.18. The Labute approximate surface area is 114 Å². The Morgan fingerprint density at radius 1 is 0.944 bits per heavy atom. The molecule has 0 aromatic heterocycles. The van der Waals surface area contributed by atoms with Gasteiger partial charge in [-0.1, -0.05) is 32.6 Å². The van der Waals surface area contributed by atoms with Crippen LogP contribution in [0.3, 0.4) is 0 Å². The standard InChI is InChI=1S/C16H32N2/c1-14-3-5-15(6-4-14)7-10-17-13-16-8-11-18(2)12-9-16/h14-17H,3-13H2,1-2H3. The smallest absolute Gasteiger partial charge is 0.00187 e. The zero-order valence-electron chi connectivity index (χ0n) is 12.5. The molecule has 2 fully saturated rings. The fourth-order valence-corrected chi connectivity index (χ4v) is 3.50. The van der Waals surface area contributed by atoms with Crippen LogP contribution in [0.4, 0.5) is 0 Å². The second-order valence-electron chi connectivity index (χ2n) is 6.87. The van der Waals surface area contributed by atoms with Crippen LogP contribution in [-0.2, 0) is 0 Å². The number of nitrogens with zero attached hydrogens (tertiary/aromatic N) is 1. The Morgan fingerprint density at radius 2 is 1.61 bits per heavy atom. The van der Waals surface area contributed by atoms with Crippen LogP contribution in [0.25, 0.3) is 0 Å². The molecule has 0 radical (unpaired) electrons. The molecule has 0 atom stereocenters. The molecule has 0 aromatic rings. The first kappa shape index (κ1) is 14.3. The molecule has 2 heteroatoms. The van der Waals surface area contributed by atoms with Gasteiger partial charge in [0, 0.05) is 0 Å². The SMILES string of the molecule is CC1CCC(CCNCC2CCN(C)CC2)CC1. The van der Waals surface area contributed by atoms with Gasteiger partial charge < -0.3 is 10.2 Å². The summed E-state index contributed by atoms with van der Waals surface area (Å²) in [5.41, 5.74) is 0. The molecule has 1 saturated heterocycles. The number of hydrogen-bond donors (Lipinski definition) is 1. The first-order chi connectivity index (χ1) is 8.74. The van der Waals surface area contributed by atoms with Crippen LogP contribution in [0, 0.1) is 17.8 Å². The number of hydrogen-bond acceptors (Lipinski definition) is 2. The predicted molar refractivity (Wildman–Crippen MR) is 78.8 cm³/mol. The first-order valence-electron chi connectivity index (χ1n) is 8.13. The summed E-state index contributed by atoms with van der Waals surface area (Å²) < 4.78 is 0. The van der Waals surface area contributed by atoms with Crippen molar-refractivity contribution in [2.24, 2.45) is 17.8 Å². The van der Waals surface area contributed by atoms with Gasteiger partial charge in [0.15, 0.2) is 0 Å². The molecule has 106 valence electrons. The van der Waals surface area contributed by atoms with E-state index in [9.17, 15) is 0 Å². The van der Waals surface area contributed by atoms with E-state index in [0.29, 0.717) is 0 Å². The van der Waals surface area contributed by atoms with Gasteiger partial charge in [-0.3, -0.25) is 0 Å². The molecular weight excluding hydrogens is 220 g/mol. The monoisotopic (exact) mass is 252 g/mol. The van der Waals surface area contributed by atoms with Crippen molar-refractivity contribution < 1.29 is 0 Å². The van der Waals surface area contributed by atoms with Crippen molar-refractivity contribution in [3.8, 4) is 0 Å². The zero-order valence-corrected chi connectivity index (χ0v) is 12.5. The lowest BCUT2D eigenvalue weighted by Gasteiger charge is -2.29. The fraction of sp³-hybridized carbons (Fsp3) is 1.00. The number of rotatable bonds is 5. The summed E-state index contributed by atoms with van der Waals surface area (Å²) in [5, 5.41) is 3.71. The van der Waals surface area contributed by atoms with E-state index in [4.69, 9.17) is 0 Å². The van der Waals surface area contributed by atoms with Gasteiger partial charge in [0.05, 0.1) is 0 Å². The van der Waals surface area contributed by atoms with Gasteiger partial charge in [-0.05, 0) is 70.2 Å². The Hall–Kier alpha value is -0.0800. The third-order valence-electron chi connectivity index (χ3n) is 5.14. The summed E-state index contributed by atoms with van der Waals surface area (Å²) in [4.78, 5) is 2.46. The van der Waals surface area contributed by atoms with E-state index in [-0.39, 0.29) is 0 Å². The van der Waals surface area contributed by atoms with Crippen molar-refractivity contribution in [3.63, 3.8) is 0 Å². The van der Waals surface area contributed by atoms with E-state index in [1.165, 1.54) is 71.1 Å². The van der Waals surface area contributed by atoms with Crippen LogP contribution in [0.15, 0.2) is 0 Å². The zero-order chi connectivity index (χ0) is 12.8. The Morgan fingerprint density at radius 3 is 2.28 bits per heavy atom. The van der Waals surface area contributed by atoms with Gasteiger partial charge in [-0.2, -0.15) is 0 Å². The number of nitrogens with one attached hydrogen (secondary N) is 1. The minimum absolute atomic E-state index is 0.938. The largest absolute Gasteiger partial charge is 0.316 e. The second-order valence-corrected chi connectivity index (χ2v) is 6.87. The molecule has 1 aliphatic heterocycles. The summed E-state index contributed by atoms with van der Waals surface area (Å²) in [6, 6.07) is 0. The molecular formula is C16H32N2. The minimum Gasteiger partial charge on any atom is -0.316 e. The highest BCUT2D eigenvalue weighted by atomic mass is 15.1. The lowest BCUT2D eigenvalue weighted by molar-refractivity contribution is 0.214. The predicted octanol–water partition coefficient (Wildman–Crippen LogP) is 3.13. The van der Waals surface area contributed by atoms with Crippen LogP contribution >= 0.6 is 0 Å². The van der Waals surface area contributed by atoms with E-state index in [1.54, 1.807) is 0 Å². The van der Waals surface area contributed by atoms with Crippen molar-refractivity contribution in [3.05, 3.63) is 0 Å². The third-order valence-corrected chi connectivity index (χ3v) is 5.14. The Bertz CT molecular complexity index is 189. The van der Waals surface area contributed by atoms with Gasteiger partial charge in [-0.25, -0.2) is 0 Å². The van der Waals surface area contributed by atoms with E-state index in [2.05, 4.69) is 24.2 Å². The molecule has 2 aliphatic rings. The Kier molecular flexibility index (Phi) is 5.97. The summed E-state index contributed by atoms with van der Waals surface area (Å²) >= 11 is 0. The lowest BCUT2D eigenvalue weighted by Crippen LogP contribution is -2.35. The number of piperidine rings is 1. The van der Waals surface area contributed by atoms with Crippen LogP contribution < -0.4 is 5.32 Å². The van der Waals surface area contributed by atoms with E-state index in [1.807, 2.05) is 0 Å². The Balaban J connectivity index is 1.48. The van der Waals surface area contributed by atoms with Crippen LogP contribution in [0.5, 0.6) is 0 Å². The summed E-state index contributed by atoms with van der Waals surface area (Å²) in [7, 11) is 2.24. The van der Waals surface area contributed by atoms with E-state index >= 15 is 0 Å². The van der Waals surface area contributed by atoms with Crippen molar-refractivity contribution in [2.75, 3.05) is 33.2 Å². The van der Waals surface area contributed by atoms with Crippen LogP contribution in [0.1, 0.15) is 51.9 Å². The van der Waals surface area contributed by atoms with Gasteiger partial charge in [0.1, 0.15) is 0 Å². The van der Waals surface area contributed by atoms with Crippen LogP contribution in [-0.4, -0.2) is 38.1 Å². The van der Waals surface area contributed by atoms with Gasteiger partial charge >= 0.3 is 0 Å². The van der Waals surface area contributed by atoms with Gasteiger partial charge in [0.25, 0.3) is 0 Å². The van der Waals surface area contributed by atoms with Crippen molar-refractivity contribution in [1.29, 1.82) is 0 Å². The summed E-state index contributed by atoms with van der Waals surface area (Å²) in [6.45, 7) is 7.52. The molecule has 0 amide bonds. The maximum atomic E-state index is 3.71. The average molecular weight is 252 g/mol. The van der Waals surface area contributed by atoms with Crippen LogP contribution in [0.2, 0.25) is 0 Å². The molecule has 0 aromatic carbocycles. The first-order valence-corrected chi connectivity index (χ1v) is 8.13. The van der Waals surface area contributed by atoms with E-state index < -0.39 is 0 Å². The van der Waals surface area contributed by atoms with Gasteiger partial charge in [-0.15, -0.1) is 0 Å². The molecule has 2 rings (SSSR count). The molecule has 2 nitrogen and oxygen atoms in total. The average Bonchev–Trinajstić information content (AvgIpc) is 2.39. The molecule has 1 saturated carbocycles. The third kappa shape index (κ3) is 4.89. The molecule has 0 bridgehead atoms. The maximum Gasteiger partial charge on any atom is -0.00187 e. The quantitative estimate of drug-likeness (QED) is 0.756. The molecule has 0 unspecified atom stereocenters. The molecule has 18 heavy (non-hydrogen) atoms. The number of likely N-dealkylation sites (tertiary alicyclic amines) is 1. The maximum absolute atomic E-state index is 3.71. The normalized spacial score (nSPS) is 31.7. The summed E-state index contributed by atoms with van der Waals surface area (Å²) in [5.74, 6) is 2.95. The van der Waals surface area contributed by atoms with Crippen molar-refractivity contribution >= 4 is 0 Å². The molecule has 1 N–H and O–H groups in total. The second kappa shape index (κ2) is 7.49. The highest BCUT2D eigenvalue weighted by molar-refractivity contribution is 4.73. The van der Waals surface area contributed by atoms with E-state index in [0.717, 1.165) is 17.8 Å². The summed E-state index contributed by atoms with van der Waals surface area (Å²) in [6.07, 6.45) is 10.1. The topological polar surface area (TPSA) is 15.3 Å². The lowest BCUT2D eigenvalue weighted by atomic mass is 9.81. The van der Waals surface area contributed by atoms with Gasteiger partial charge in [0.2, 0.25) is 0 Å². The molecule has 1 heterocycles. The van der Waals surface area contributed by atoms with Crippen molar-refractivity contribution in [1.82, 2.24) is 10.2 Å². The minimum atomic E-state index is 0.938. The fourth-order valence-electron chi connectivity index (χ4n) is 3.50. The van der Waals surface area contributed by atoms with Crippen molar-refractivity contribution in [2.45, 2.75) is 51.9 Å². The highest BCUT2D eigenvalue weighted by Crippen LogP contribution is 2.29.